The molecule has 0 saturated carbocycles. The van der Waals surface area contributed by atoms with Crippen molar-refractivity contribution in [2.75, 3.05) is 14.2 Å². The molecule has 0 atom stereocenters. The first-order valence-electron chi connectivity index (χ1n) is 13.0. The Morgan fingerprint density at radius 3 is 2.43 bits per heavy atom. The van der Waals surface area contributed by atoms with Crippen molar-refractivity contribution in [3.05, 3.63) is 88.6 Å². The highest BCUT2D eigenvalue weighted by atomic mass is 35.5. The molecule has 0 aliphatic heterocycles. The number of halogens is 1. The minimum Gasteiger partial charge on any atom is -0.497 e. The first-order chi connectivity index (χ1) is 17.9. The Labute approximate surface area is 223 Å². The van der Waals surface area contributed by atoms with Crippen LogP contribution in [0.4, 0.5) is 0 Å². The smallest absolute Gasteiger partial charge is 0.128 e. The number of hydrogen-bond acceptors (Lipinski definition) is 2. The molecule has 1 aromatic heterocycles. The number of benzene rings is 4. The maximum absolute atomic E-state index is 7.00. The second-order valence-corrected chi connectivity index (χ2v) is 10.9. The quantitative estimate of drug-likeness (QED) is 0.228. The van der Waals surface area contributed by atoms with E-state index in [4.69, 9.17) is 21.1 Å². The van der Waals surface area contributed by atoms with Crippen LogP contribution in [0.1, 0.15) is 50.4 Å². The number of ether oxygens (including phenoxy) is 2. The van der Waals surface area contributed by atoms with Crippen LogP contribution in [0.3, 0.4) is 0 Å². The van der Waals surface area contributed by atoms with Crippen molar-refractivity contribution in [1.29, 1.82) is 0 Å². The van der Waals surface area contributed by atoms with Crippen molar-refractivity contribution < 1.29 is 9.47 Å². The predicted molar refractivity (Wildman–Crippen MR) is 155 cm³/mol. The molecule has 0 amide bonds. The van der Waals surface area contributed by atoms with E-state index in [0.29, 0.717) is 0 Å². The van der Waals surface area contributed by atoms with Crippen LogP contribution in [0.15, 0.2) is 66.7 Å². The Hall–Kier alpha value is -3.43. The van der Waals surface area contributed by atoms with Gasteiger partial charge in [0.2, 0.25) is 0 Å². The van der Waals surface area contributed by atoms with Gasteiger partial charge in [0.1, 0.15) is 11.5 Å². The number of methoxy groups -OCH3 is 2. The highest BCUT2D eigenvalue weighted by Gasteiger charge is 2.42. The molecule has 0 saturated heterocycles. The van der Waals surface area contributed by atoms with Crippen molar-refractivity contribution in [1.82, 2.24) is 4.57 Å². The fraction of sp³-hybridized carbons (Fsp3) is 0.273. The van der Waals surface area contributed by atoms with Gasteiger partial charge in [-0.3, -0.25) is 0 Å². The fourth-order valence-electron chi connectivity index (χ4n) is 6.12. The van der Waals surface area contributed by atoms with Crippen LogP contribution >= 0.6 is 11.6 Å². The average Bonchev–Trinajstić information content (AvgIpc) is 3.39. The molecule has 37 heavy (non-hydrogen) atoms. The second kappa shape index (κ2) is 8.85. The number of aryl methyl sites for hydroxylation is 1. The highest BCUT2D eigenvalue weighted by Crippen LogP contribution is 2.56. The highest BCUT2D eigenvalue weighted by molar-refractivity contribution is 6.36. The lowest BCUT2D eigenvalue weighted by Crippen LogP contribution is -2.20. The van der Waals surface area contributed by atoms with Gasteiger partial charge in [0, 0.05) is 22.4 Å². The third-order valence-electron chi connectivity index (χ3n) is 7.97. The van der Waals surface area contributed by atoms with Gasteiger partial charge in [-0.25, -0.2) is 0 Å². The number of aromatic nitrogens is 1. The summed E-state index contributed by atoms with van der Waals surface area (Å²) >= 11 is 7.00. The normalized spacial score (nSPS) is 13.7. The third kappa shape index (κ3) is 3.55. The lowest BCUT2D eigenvalue weighted by molar-refractivity contribution is 0.415. The third-order valence-corrected chi connectivity index (χ3v) is 8.28. The van der Waals surface area contributed by atoms with Gasteiger partial charge in [0.15, 0.2) is 0 Å². The molecule has 0 fully saturated rings. The maximum atomic E-state index is 7.00. The first kappa shape index (κ1) is 23.9. The zero-order valence-electron chi connectivity index (χ0n) is 22.1. The van der Waals surface area contributed by atoms with Crippen LogP contribution in [0, 0.1) is 0 Å². The van der Waals surface area contributed by atoms with Gasteiger partial charge in [-0.1, -0.05) is 69.1 Å². The lowest BCUT2D eigenvalue weighted by Gasteiger charge is -2.25. The summed E-state index contributed by atoms with van der Waals surface area (Å²) in [5.74, 6) is 1.69. The summed E-state index contributed by atoms with van der Waals surface area (Å²) in [4.78, 5) is 0. The van der Waals surface area contributed by atoms with E-state index in [-0.39, 0.29) is 5.41 Å². The van der Waals surface area contributed by atoms with E-state index >= 15 is 0 Å². The van der Waals surface area contributed by atoms with Crippen LogP contribution in [0.25, 0.3) is 38.5 Å². The average molecular weight is 510 g/mol. The van der Waals surface area contributed by atoms with Gasteiger partial charge in [0.05, 0.1) is 30.1 Å². The van der Waals surface area contributed by atoms with E-state index in [1.165, 1.54) is 46.2 Å². The number of nitrogens with zero attached hydrogens (tertiary/aromatic N) is 1. The second-order valence-electron chi connectivity index (χ2n) is 10.5. The summed E-state index contributed by atoms with van der Waals surface area (Å²) in [7, 11) is 3.45. The molecule has 3 nitrogen and oxygen atoms in total. The molecule has 5 aromatic rings. The standard InChI is InChI=1S/C33H32ClNO2/c1-6-7-8-20-9-14-26-25(17-20)29-30-28(37-5)16-15-27(34)31(30)35(32(29)33(26,2)3)23-12-10-21-11-13-24(36-4)19-22(21)18-23/h9-19H,6-8H2,1-5H3. The fourth-order valence-corrected chi connectivity index (χ4v) is 6.36. The minimum atomic E-state index is -0.218. The molecule has 0 unspecified atom stereocenters. The maximum Gasteiger partial charge on any atom is 0.128 e. The Bertz CT molecular complexity index is 1680. The van der Waals surface area contributed by atoms with Gasteiger partial charge in [0.25, 0.3) is 0 Å². The number of hydrogen-bond donors (Lipinski definition) is 0. The monoisotopic (exact) mass is 509 g/mol. The Morgan fingerprint density at radius 1 is 0.865 bits per heavy atom. The molecule has 6 rings (SSSR count). The van der Waals surface area contributed by atoms with Crippen LogP contribution in [0.2, 0.25) is 5.02 Å². The summed E-state index contributed by atoms with van der Waals surface area (Å²) in [5.41, 5.74) is 8.35. The Morgan fingerprint density at radius 2 is 1.68 bits per heavy atom. The lowest BCUT2D eigenvalue weighted by atomic mass is 9.84. The SMILES string of the molecule is CCCCc1ccc2c(c1)-c1c(n(-c3ccc4ccc(OC)cc4c3)c3c(Cl)ccc(OC)c13)C2(C)C. The topological polar surface area (TPSA) is 23.4 Å². The molecule has 0 radical (unpaired) electrons. The molecule has 188 valence electrons. The van der Waals surface area contributed by atoms with Crippen molar-refractivity contribution in [2.45, 2.75) is 45.4 Å². The molecule has 1 aliphatic carbocycles. The number of rotatable bonds is 6. The zero-order valence-corrected chi connectivity index (χ0v) is 22.9. The molecular formula is C33H32ClNO2. The molecule has 0 N–H and O–H groups in total. The van der Waals surface area contributed by atoms with Gasteiger partial charge >= 0.3 is 0 Å². The number of fused-ring (bicyclic) bond motifs is 6. The van der Waals surface area contributed by atoms with Gasteiger partial charge in [-0.05, 0) is 76.7 Å². The van der Waals surface area contributed by atoms with Crippen LogP contribution in [-0.2, 0) is 11.8 Å². The van der Waals surface area contributed by atoms with Gasteiger partial charge in [-0.15, -0.1) is 0 Å². The van der Waals surface area contributed by atoms with E-state index in [0.717, 1.165) is 44.9 Å². The van der Waals surface area contributed by atoms with Crippen molar-refractivity contribution in [3.63, 3.8) is 0 Å². The van der Waals surface area contributed by atoms with Crippen LogP contribution < -0.4 is 9.47 Å². The molecule has 1 heterocycles. The van der Waals surface area contributed by atoms with E-state index in [1.54, 1.807) is 14.2 Å². The Kier molecular flexibility index (Phi) is 5.72. The molecule has 4 aromatic carbocycles. The summed E-state index contributed by atoms with van der Waals surface area (Å²) in [6, 6.07) is 23.8. The Balaban J connectivity index is 1.72. The van der Waals surface area contributed by atoms with E-state index in [2.05, 4.69) is 73.9 Å². The van der Waals surface area contributed by atoms with Gasteiger partial charge < -0.3 is 14.0 Å². The first-order valence-corrected chi connectivity index (χ1v) is 13.4. The largest absolute Gasteiger partial charge is 0.497 e. The van der Waals surface area contributed by atoms with Crippen LogP contribution in [0.5, 0.6) is 11.5 Å². The molecule has 1 aliphatic rings. The van der Waals surface area contributed by atoms with E-state index < -0.39 is 0 Å². The molecular weight excluding hydrogens is 478 g/mol. The summed E-state index contributed by atoms with van der Waals surface area (Å²) in [6.45, 7) is 6.89. The van der Waals surface area contributed by atoms with Gasteiger partial charge in [-0.2, -0.15) is 0 Å². The predicted octanol–water partition coefficient (Wildman–Crippen LogP) is 9.10. The molecule has 0 bridgehead atoms. The number of unbranched alkanes of at least 4 members (excludes halogenated alkanes) is 1. The van der Waals surface area contributed by atoms with E-state index in [1.807, 2.05) is 18.2 Å². The summed E-state index contributed by atoms with van der Waals surface area (Å²) in [5, 5.41) is 4.09. The summed E-state index contributed by atoms with van der Waals surface area (Å²) < 4.78 is 13.8. The molecule has 0 spiro atoms. The van der Waals surface area contributed by atoms with Crippen molar-refractivity contribution in [2.24, 2.45) is 0 Å². The van der Waals surface area contributed by atoms with Crippen LogP contribution in [-0.4, -0.2) is 18.8 Å². The van der Waals surface area contributed by atoms with Crippen molar-refractivity contribution in [3.8, 4) is 28.3 Å². The molecule has 4 heteroatoms. The zero-order chi connectivity index (χ0) is 25.9. The minimum absolute atomic E-state index is 0.218. The summed E-state index contributed by atoms with van der Waals surface area (Å²) in [6.07, 6.45) is 3.46. The van der Waals surface area contributed by atoms with E-state index in [9.17, 15) is 0 Å². The van der Waals surface area contributed by atoms with Crippen molar-refractivity contribution >= 4 is 33.3 Å².